The second kappa shape index (κ2) is 8.34. The van der Waals surface area contributed by atoms with Gasteiger partial charge >= 0.3 is 0 Å². The average molecular weight is 240 g/mol. The molecule has 3 heteroatoms. The summed E-state index contributed by atoms with van der Waals surface area (Å²) in [6.45, 7) is 6.79. The summed E-state index contributed by atoms with van der Waals surface area (Å²) in [7, 11) is 0. The van der Waals surface area contributed by atoms with Gasteiger partial charge in [0.15, 0.2) is 0 Å². The van der Waals surface area contributed by atoms with Gasteiger partial charge < -0.3 is 10.1 Å². The Labute approximate surface area is 102 Å². The first-order valence-corrected chi connectivity index (χ1v) is 5.84. The number of nitrogens with one attached hydrogen (secondary N) is 1. The molecule has 0 spiro atoms. The molecule has 0 radical (unpaired) electrons. The van der Waals surface area contributed by atoms with E-state index in [2.05, 4.69) is 18.0 Å². The Morgan fingerprint density at radius 3 is 3.00 bits per heavy atom. The number of halogens is 1. The fourth-order valence-corrected chi connectivity index (χ4v) is 1.51. The van der Waals surface area contributed by atoms with Gasteiger partial charge in [0.05, 0.1) is 13.2 Å². The number of benzene rings is 1. The van der Waals surface area contributed by atoms with Gasteiger partial charge in [0.2, 0.25) is 0 Å². The van der Waals surface area contributed by atoms with Crippen LogP contribution in [0, 0.1) is 0 Å². The van der Waals surface area contributed by atoms with Gasteiger partial charge in [-0.25, -0.2) is 0 Å². The predicted molar refractivity (Wildman–Crippen MR) is 68.8 cm³/mol. The van der Waals surface area contributed by atoms with Crippen LogP contribution < -0.4 is 5.32 Å². The number of hydrogen-bond donors (Lipinski definition) is 1. The zero-order valence-corrected chi connectivity index (χ0v) is 10.2. The standard InChI is InChI=1S/C13H18ClNO/c1-2-3-8-16-9-7-15-11-12-5-4-6-13(14)10-12/h2,4-6,10,15H,1,3,7-9,11H2. The molecule has 0 aliphatic carbocycles. The summed E-state index contributed by atoms with van der Waals surface area (Å²) in [6, 6.07) is 7.86. The monoisotopic (exact) mass is 239 g/mol. The molecule has 0 heterocycles. The highest BCUT2D eigenvalue weighted by Gasteiger charge is 1.93. The third-order valence-corrected chi connectivity index (χ3v) is 2.34. The van der Waals surface area contributed by atoms with Crippen molar-refractivity contribution < 1.29 is 4.74 Å². The fraction of sp³-hybridized carbons (Fsp3) is 0.385. The van der Waals surface area contributed by atoms with Crippen molar-refractivity contribution in [2.75, 3.05) is 19.8 Å². The van der Waals surface area contributed by atoms with Crippen molar-refractivity contribution in [1.29, 1.82) is 0 Å². The largest absolute Gasteiger partial charge is 0.380 e. The fourth-order valence-electron chi connectivity index (χ4n) is 1.29. The maximum Gasteiger partial charge on any atom is 0.0591 e. The van der Waals surface area contributed by atoms with Gasteiger partial charge in [-0.3, -0.25) is 0 Å². The SMILES string of the molecule is C=CCCOCCNCc1cccc(Cl)c1. The second-order valence-corrected chi connectivity index (χ2v) is 3.93. The zero-order valence-electron chi connectivity index (χ0n) is 9.42. The maximum absolute atomic E-state index is 5.88. The third-order valence-electron chi connectivity index (χ3n) is 2.11. The summed E-state index contributed by atoms with van der Waals surface area (Å²) in [4.78, 5) is 0. The molecule has 0 aromatic heterocycles. The zero-order chi connectivity index (χ0) is 11.6. The van der Waals surface area contributed by atoms with Crippen molar-refractivity contribution >= 4 is 11.6 Å². The Morgan fingerprint density at radius 1 is 1.38 bits per heavy atom. The molecule has 0 saturated carbocycles. The van der Waals surface area contributed by atoms with E-state index in [1.54, 1.807) is 0 Å². The Kier molecular flexibility index (Phi) is 6.90. The molecule has 0 atom stereocenters. The Bertz CT molecular complexity index is 315. The van der Waals surface area contributed by atoms with E-state index in [1.165, 1.54) is 5.56 Å². The van der Waals surface area contributed by atoms with E-state index in [-0.39, 0.29) is 0 Å². The van der Waals surface area contributed by atoms with E-state index < -0.39 is 0 Å². The molecule has 0 aliphatic heterocycles. The Morgan fingerprint density at radius 2 is 2.25 bits per heavy atom. The second-order valence-electron chi connectivity index (χ2n) is 3.50. The number of hydrogen-bond acceptors (Lipinski definition) is 2. The van der Waals surface area contributed by atoms with E-state index >= 15 is 0 Å². The van der Waals surface area contributed by atoms with E-state index in [1.807, 2.05) is 24.3 Å². The van der Waals surface area contributed by atoms with Crippen LogP contribution in [0.25, 0.3) is 0 Å². The lowest BCUT2D eigenvalue weighted by Gasteiger charge is -2.05. The van der Waals surface area contributed by atoms with Crippen LogP contribution in [0.5, 0.6) is 0 Å². The van der Waals surface area contributed by atoms with Crippen LogP contribution in [-0.4, -0.2) is 19.8 Å². The molecular weight excluding hydrogens is 222 g/mol. The minimum atomic E-state index is 0.731. The quantitative estimate of drug-likeness (QED) is 0.556. The molecule has 88 valence electrons. The van der Waals surface area contributed by atoms with E-state index in [9.17, 15) is 0 Å². The van der Waals surface area contributed by atoms with Crippen LogP contribution in [0.2, 0.25) is 5.02 Å². The molecule has 1 rings (SSSR count). The van der Waals surface area contributed by atoms with E-state index in [4.69, 9.17) is 16.3 Å². The normalized spacial score (nSPS) is 10.3. The molecular formula is C13H18ClNO. The molecule has 0 bridgehead atoms. The highest BCUT2D eigenvalue weighted by atomic mass is 35.5. The molecule has 1 aromatic carbocycles. The Balaban J connectivity index is 2.05. The van der Waals surface area contributed by atoms with Crippen LogP contribution >= 0.6 is 11.6 Å². The van der Waals surface area contributed by atoms with Crippen LogP contribution in [0.1, 0.15) is 12.0 Å². The van der Waals surface area contributed by atoms with Gasteiger partial charge in [0.1, 0.15) is 0 Å². The first kappa shape index (κ1) is 13.2. The van der Waals surface area contributed by atoms with Crippen molar-refractivity contribution in [1.82, 2.24) is 5.32 Å². The Hall–Kier alpha value is -0.830. The van der Waals surface area contributed by atoms with Crippen molar-refractivity contribution in [3.63, 3.8) is 0 Å². The lowest BCUT2D eigenvalue weighted by molar-refractivity contribution is 0.140. The summed E-state index contributed by atoms with van der Waals surface area (Å²) in [5.41, 5.74) is 1.19. The topological polar surface area (TPSA) is 21.3 Å². The molecule has 0 aliphatic rings. The van der Waals surface area contributed by atoms with Gasteiger partial charge in [0.25, 0.3) is 0 Å². The van der Waals surface area contributed by atoms with E-state index in [0.717, 1.165) is 37.7 Å². The summed E-state index contributed by atoms with van der Waals surface area (Å²) in [5.74, 6) is 0. The van der Waals surface area contributed by atoms with Crippen molar-refractivity contribution in [2.45, 2.75) is 13.0 Å². The minimum absolute atomic E-state index is 0.731. The summed E-state index contributed by atoms with van der Waals surface area (Å²) >= 11 is 5.88. The van der Waals surface area contributed by atoms with Gasteiger partial charge in [-0.05, 0) is 24.1 Å². The lowest BCUT2D eigenvalue weighted by Crippen LogP contribution is -2.19. The van der Waals surface area contributed by atoms with Gasteiger partial charge in [-0.1, -0.05) is 29.8 Å². The van der Waals surface area contributed by atoms with Crippen molar-refractivity contribution in [2.24, 2.45) is 0 Å². The molecule has 0 saturated heterocycles. The molecule has 0 fully saturated rings. The molecule has 2 nitrogen and oxygen atoms in total. The summed E-state index contributed by atoms with van der Waals surface area (Å²) < 4.78 is 5.38. The highest BCUT2D eigenvalue weighted by Crippen LogP contribution is 2.09. The van der Waals surface area contributed by atoms with Gasteiger partial charge in [-0.2, -0.15) is 0 Å². The molecule has 0 amide bonds. The predicted octanol–water partition coefficient (Wildman–Crippen LogP) is 3.02. The highest BCUT2D eigenvalue weighted by molar-refractivity contribution is 6.30. The van der Waals surface area contributed by atoms with Gasteiger partial charge in [-0.15, -0.1) is 6.58 Å². The summed E-state index contributed by atoms with van der Waals surface area (Å²) in [6.07, 6.45) is 2.77. The van der Waals surface area contributed by atoms with Crippen LogP contribution in [0.15, 0.2) is 36.9 Å². The smallest absolute Gasteiger partial charge is 0.0591 e. The van der Waals surface area contributed by atoms with E-state index in [0.29, 0.717) is 0 Å². The third kappa shape index (κ3) is 5.91. The first-order valence-electron chi connectivity index (χ1n) is 5.46. The van der Waals surface area contributed by atoms with Crippen LogP contribution in [0.3, 0.4) is 0 Å². The molecule has 1 N–H and O–H groups in total. The lowest BCUT2D eigenvalue weighted by atomic mass is 10.2. The first-order chi connectivity index (χ1) is 7.83. The number of ether oxygens (including phenoxy) is 1. The van der Waals surface area contributed by atoms with Crippen molar-refractivity contribution in [3.8, 4) is 0 Å². The summed E-state index contributed by atoms with van der Waals surface area (Å²) in [5, 5.41) is 4.08. The minimum Gasteiger partial charge on any atom is -0.380 e. The maximum atomic E-state index is 5.88. The van der Waals surface area contributed by atoms with Crippen LogP contribution in [-0.2, 0) is 11.3 Å². The molecule has 1 aromatic rings. The molecule has 16 heavy (non-hydrogen) atoms. The van der Waals surface area contributed by atoms with Crippen molar-refractivity contribution in [3.05, 3.63) is 47.5 Å². The average Bonchev–Trinajstić information content (AvgIpc) is 2.28. The van der Waals surface area contributed by atoms with Crippen LogP contribution in [0.4, 0.5) is 0 Å². The molecule has 0 unspecified atom stereocenters. The van der Waals surface area contributed by atoms with Gasteiger partial charge in [0, 0.05) is 18.1 Å². The number of rotatable bonds is 8.